The number of nitrogens with two attached hydrogens (primary N) is 2. The van der Waals surface area contributed by atoms with Crippen LogP contribution in [-0.2, 0) is 32.0 Å². The summed E-state index contributed by atoms with van der Waals surface area (Å²) in [6, 6.07) is 15.1. The second-order valence-corrected chi connectivity index (χ2v) is 14.0. The van der Waals surface area contributed by atoms with E-state index in [1.54, 1.807) is 4.90 Å². The first-order valence-electron chi connectivity index (χ1n) is 18.2. The molecule has 0 aliphatic carbocycles. The van der Waals surface area contributed by atoms with Crippen LogP contribution in [0.1, 0.15) is 63.5 Å². The summed E-state index contributed by atoms with van der Waals surface area (Å²) in [7, 11) is 0. The first kappa shape index (κ1) is 41.5. The Morgan fingerprint density at radius 2 is 1.35 bits per heavy atom. The van der Waals surface area contributed by atoms with Crippen LogP contribution in [0.5, 0.6) is 0 Å². The maximum absolute atomic E-state index is 13.9. The molecule has 1 aliphatic heterocycles. The Morgan fingerprint density at radius 1 is 0.804 bits per heavy atom. The van der Waals surface area contributed by atoms with E-state index in [1.807, 2.05) is 74.5 Å². The van der Waals surface area contributed by atoms with Gasteiger partial charge in [-0.3, -0.25) is 19.2 Å². The number of likely N-dealkylation sites (tertiary alicyclic amines) is 1. The molecule has 2 aromatic rings. The number of carbonyl (C=O) groups is 4. The lowest BCUT2D eigenvalue weighted by Crippen LogP contribution is -2.59. The number of unbranched alkanes of at least 4 members (excludes halogenated alkanes) is 1. The van der Waals surface area contributed by atoms with Gasteiger partial charge in [0.25, 0.3) is 0 Å². The molecule has 1 fully saturated rings. The van der Waals surface area contributed by atoms with Crippen molar-refractivity contribution in [2.24, 2.45) is 17.4 Å². The topological polar surface area (TPSA) is 212 Å². The zero-order valence-corrected chi connectivity index (χ0v) is 30.1. The summed E-state index contributed by atoms with van der Waals surface area (Å²) in [4.78, 5) is 56.6. The summed E-state index contributed by atoms with van der Waals surface area (Å²) in [6.45, 7) is 5.39. The van der Waals surface area contributed by atoms with Gasteiger partial charge in [-0.25, -0.2) is 0 Å². The molecule has 2 aromatic carbocycles. The van der Waals surface area contributed by atoms with Gasteiger partial charge >= 0.3 is 0 Å². The molecule has 4 amide bonds. The number of nitrogens with zero attached hydrogens (tertiary/aromatic N) is 1. The van der Waals surface area contributed by atoms with E-state index >= 15 is 0 Å². The molecule has 1 saturated heterocycles. The van der Waals surface area contributed by atoms with Crippen LogP contribution in [0.3, 0.4) is 0 Å². The number of rotatable bonds is 21. The lowest BCUT2D eigenvalue weighted by atomic mass is 9.99. The number of hydrogen-bond donors (Lipinski definition) is 8. The fourth-order valence-corrected chi connectivity index (χ4v) is 6.08. The van der Waals surface area contributed by atoms with Gasteiger partial charge in [-0.05, 0) is 68.5 Å². The molecule has 1 aliphatic rings. The molecule has 0 spiro atoms. The molecular formula is C38H59N7O6. The quantitative estimate of drug-likeness (QED) is 0.0840. The zero-order valence-electron chi connectivity index (χ0n) is 30.1. The van der Waals surface area contributed by atoms with Crippen LogP contribution in [-0.4, -0.2) is 108 Å². The normalized spacial score (nSPS) is 16.5. The van der Waals surface area contributed by atoms with Crippen LogP contribution >= 0.6 is 0 Å². The van der Waals surface area contributed by atoms with Crippen molar-refractivity contribution in [3.05, 3.63) is 71.8 Å². The highest BCUT2D eigenvalue weighted by Gasteiger charge is 2.33. The van der Waals surface area contributed by atoms with E-state index < -0.39 is 48.0 Å². The second-order valence-electron chi connectivity index (χ2n) is 14.0. The summed E-state index contributed by atoms with van der Waals surface area (Å²) in [5, 5.41) is 30.3. The molecule has 0 bridgehead atoms. The number of carbonyl (C=O) groups excluding carboxylic acids is 4. The number of hydrogen-bond acceptors (Lipinski definition) is 9. The average Bonchev–Trinajstić information content (AvgIpc) is 3.12. The van der Waals surface area contributed by atoms with Gasteiger partial charge in [0, 0.05) is 32.1 Å². The standard InChI is InChI=1S/C38H59N7O6/c1-26(2)21-33(36(49)42-32(15-9-10-18-41-24-30(47)25-46)38(51)45-19-16-29(39)17-20-45)44-37(50)34(23-28-13-7-4-8-14-28)43-35(48)31(40)22-27-11-5-3-6-12-27/h3-8,11-14,26,29-34,41,46-47H,9-10,15-25,39-40H2,1-2H3,(H,42,49)(H,43,48)(H,44,50)/t30-,31+,32+,33+,34+/m0/s1. The predicted octanol–water partition coefficient (Wildman–Crippen LogP) is 0.362. The summed E-state index contributed by atoms with van der Waals surface area (Å²) in [5.41, 5.74) is 14.1. The maximum atomic E-state index is 13.9. The van der Waals surface area contributed by atoms with Crippen molar-refractivity contribution in [1.82, 2.24) is 26.2 Å². The monoisotopic (exact) mass is 709 g/mol. The smallest absolute Gasteiger partial charge is 0.245 e. The first-order valence-corrected chi connectivity index (χ1v) is 18.2. The molecule has 13 heteroatoms. The number of amides is 4. The Hall–Kier alpha value is -3.88. The molecule has 0 saturated carbocycles. The molecule has 51 heavy (non-hydrogen) atoms. The van der Waals surface area contributed by atoms with E-state index in [0.717, 1.165) is 11.1 Å². The average molecular weight is 710 g/mol. The van der Waals surface area contributed by atoms with E-state index in [9.17, 15) is 24.3 Å². The van der Waals surface area contributed by atoms with Crippen molar-refractivity contribution < 1.29 is 29.4 Å². The molecule has 13 nitrogen and oxygen atoms in total. The molecule has 0 unspecified atom stereocenters. The fraction of sp³-hybridized carbons (Fsp3) is 0.579. The van der Waals surface area contributed by atoms with Gasteiger partial charge in [0.15, 0.2) is 0 Å². The van der Waals surface area contributed by atoms with Crippen LogP contribution in [0.4, 0.5) is 0 Å². The van der Waals surface area contributed by atoms with Crippen LogP contribution in [0, 0.1) is 5.92 Å². The van der Waals surface area contributed by atoms with Gasteiger partial charge in [0.2, 0.25) is 23.6 Å². The van der Waals surface area contributed by atoms with Crippen LogP contribution in [0.2, 0.25) is 0 Å². The lowest BCUT2D eigenvalue weighted by molar-refractivity contribution is -0.138. The van der Waals surface area contributed by atoms with Gasteiger partial charge in [-0.2, -0.15) is 0 Å². The summed E-state index contributed by atoms with van der Waals surface area (Å²) in [5.74, 6) is -1.63. The molecular weight excluding hydrogens is 650 g/mol. The van der Waals surface area contributed by atoms with Gasteiger partial charge in [-0.1, -0.05) is 74.5 Å². The highest BCUT2D eigenvalue weighted by atomic mass is 16.3. The number of benzene rings is 2. The van der Waals surface area contributed by atoms with Crippen molar-refractivity contribution in [3.8, 4) is 0 Å². The minimum absolute atomic E-state index is 0.0283. The van der Waals surface area contributed by atoms with Crippen molar-refractivity contribution in [1.29, 1.82) is 0 Å². The number of nitrogens with one attached hydrogen (secondary N) is 4. The Bertz CT molecular complexity index is 1340. The molecule has 0 aromatic heterocycles. The maximum Gasteiger partial charge on any atom is 0.245 e. The van der Waals surface area contributed by atoms with E-state index in [0.29, 0.717) is 64.6 Å². The molecule has 3 rings (SSSR count). The van der Waals surface area contributed by atoms with Crippen molar-refractivity contribution in [2.45, 2.75) is 102 Å². The number of aliphatic hydroxyl groups is 2. The molecule has 282 valence electrons. The molecule has 0 radical (unpaired) electrons. The van der Waals surface area contributed by atoms with Crippen LogP contribution in [0.25, 0.3) is 0 Å². The predicted molar refractivity (Wildman–Crippen MR) is 197 cm³/mol. The molecule has 10 N–H and O–H groups in total. The lowest BCUT2D eigenvalue weighted by Gasteiger charge is -2.34. The number of piperidine rings is 1. The Balaban J connectivity index is 1.73. The van der Waals surface area contributed by atoms with Gasteiger partial charge in [0.1, 0.15) is 18.1 Å². The summed E-state index contributed by atoms with van der Waals surface area (Å²) < 4.78 is 0. The van der Waals surface area contributed by atoms with Crippen molar-refractivity contribution in [3.63, 3.8) is 0 Å². The Labute approximate surface area is 302 Å². The third-order valence-electron chi connectivity index (χ3n) is 9.04. The second kappa shape index (κ2) is 22.1. The largest absolute Gasteiger partial charge is 0.394 e. The fourth-order valence-electron chi connectivity index (χ4n) is 6.08. The summed E-state index contributed by atoms with van der Waals surface area (Å²) in [6.07, 6.45) is 2.99. The minimum atomic E-state index is -1.00. The third kappa shape index (κ3) is 15.1. The molecule has 5 atom stereocenters. The Morgan fingerprint density at radius 3 is 1.94 bits per heavy atom. The van der Waals surface area contributed by atoms with E-state index in [2.05, 4.69) is 21.3 Å². The third-order valence-corrected chi connectivity index (χ3v) is 9.04. The van der Waals surface area contributed by atoms with Crippen LogP contribution < -0.4 is 32.7 Å². The van der Waals surface area contributed by atoms with Gasteiger partial charge in [0.05, 0.1) is 18.8 Å². The van der Waals surface area contributed by atoms with Crippen LogP contribution in [0.15, 0.2) is 60.7 Å². The van der Waals surface area contributed by atoms with Crippen molar-refractivity contribution >= 4 is 23.6 Å². The summed E-state index contributed by atoms with van der Waals surface area (Å²) >= 11 is 0. The number of aliphatic hydroxyl groups excluding tert-OH is 2. The van der Waals surface area contributed by atoms with Gasteiger partial charge in [-0.15, -0.1) is 0 Å². The Kier molecular flexibility index (Phi) is 18.0. The van der Waals surface area contributed by atoms with E-state index in [-0.39, 0.29) is 37.4 Å². The SMILES string of the molecule is CC(C)C[C@@H](NC(=O)[C@@H](Cc1ccccc1)NC(=O)[C@H](N)Cc1ccccc1)C(=O)N[C@H](CCCCNC[C@H](O)CO)C(=O)N1CCC(N)CC1. The first-order chi connectivity index (χ1) is 24.5. The molecule has 1 heterocycles. The minimum Gasteiger partial charge on any atom is -0.394 e. The van der Waals surface area contributed by atoms with E-state index in [1.165, 1.54) is 0 Å². The highest BCUT2D eigenvalue weighted by molar-refractivity contribution is 5.95. The highest BCUT2D eigenvalue weighted by Crippen LogP contribution is 2.14. The van der Waals surface area contributed by atoms with Crippen molar-refractivity contribution in [2.75, 3.05) is 32.8 Å². The van der Waals surface area contributed by atoms with Gasteiger partial charge < -0.3 is 47.8 Å². The zero-order chi connectivity index (χ0) is 37.2. The van der Waals surface area contributed by atoms with E-state index in [4.69, 9.17) is 16.6 Å².